The van der Waals surface area contributed by atoms with Crippen LogP contribution in [0.1, 0.15) is 6.92 Å². The number of hydrogen-bond acceptors (Lipinski definition) is 4. The molecule has 1 aromatic rings. The Balaban J connectivity index is 1.97. The summed E-state index contributed by atoms with van der Waals surface area (Å²) in [6, 6.07) is 3.43. The maximum atomic E-state index is 12.1. The molecule has 6 heteroatoms. The van der Waals surface area contributed by atoms with Gasteiger partial charge in [0.15, 0.2) is 0 Å². The van der Waals surface area contributed by atoms with Gasteiger partial charge in [0.25, 0.3) is 0 Å². The summed E-state index contributed by atoms with van der Waals surface area (Å²) >= 11 is 0. The molecule has 0 atom stereocenters. The molecule has 2 N–H and O–H groups in total. The van der Waals surface area contributed by atoms with Gasteiger partial charge in [0.1, 0.15) is 0 Å². The van der Waals surface area contributed by atoms with E-state index in [2.05, 4.69) is 15.6 Å². The fourth-order valence-electron chi connectivity index (χ4n) is 1.80. The minimum atomic E-state index is -0.109. The number of nitrogens with zero attached hydrogens (tertiary/aromatic N) is 3. The Morgan fingerprint density at radius 2 is 2.35 bits per heavy atom. The van der Waals surface area contributed by atoms with E-state index in [9.17, 15) is 4.79 Å². The largest absolute Gasteiger partial charge is 0.336 e. The van der Waals surface area contributed by atoms with Gasteiger partial charge in [0, 0.05) is 37.7 Å². The number of nitrogens with one attached hydrogen (secondary N) is 2. The van der Waals surface area contributed by atoms with Crippen molar-refractivity contribution in [3.63, 3.8) is 0 Å². The first-order valence-electron chi connectivity index (χ1n) is 5.75. The Morgan fingerprint density at radius 3 is 2.94 bits per heavy atom. The molecule has 92 valence electrons. The number of anilines is 1. The van der Waals surface area contributed by atoms with E-state index in [1.807, 2.05) is 11.9 Å². The highest BCUT2D eigenvalue weighted by Crippen LogP contribution is 2.07. The van der Waals surface area contributed by atoms with E-state index in [-0.39, 0.29) is 6.03 Å². The Labute approximate surface area is 101 Å². The zero-order valence-electron chi connectivity index (χ0n) is 9.89. The van der Waals surface area contributed by atoms with E-state index in [1.165, 1.54) is 0 Å². The van der Waals surface area contributed by atoms with Gasteiger partial charge in [0.05, 0.1) is 6.67 Å². The third-order valence-corrected chi connectivity index (χ3v) is 2.65. The predicted octanol–water partition coefficient (Wildman–Crippen LogP) is 0.713. The van der Waals surface area contributed by atoms with Crippen LogP contribution < -0.4 is 10.6 Å². The van der Waals surface area contributed by atoms with Crippen LogP contribution in [0.5, 0.6) is 0 Å². The quantitative estimate of drug-likeness (QED) is 0.810. The molecule has 17 heavy (non-hydrogen) atoms. The number of hydrogen-bond donors (Lipinski definition) is 2. The number of hydrazine groups is 1. The summed E-state index contributed by atoms with van der Waals surface area (Å²) in [7, 11) is 0. The van der Waals surface area contributed by atoms with Crippen molar-refractivity contribution in [2.75, 3.05) is 31.6 Å². The summed E-state index contributed by atoms with van der Waals surface area (Å²) in [5.41, 5.74) is 0.760. The number of carbonyl (C=O) groups excluding carboxylic acids is 1. The minimum Gasteiger partial charge on any atom is -0.307 e. The Morgan fingerprint density at radius 1 is 1.59 bits per heavy atom. The molecule has 0 aliphatic carbocycles. The molecule has 6 nitrogen and oxygen atoms in total. The molecule has 1 fully saturated rings. The van der Waals surface area contributed by atoms with E-state index in [0.29, 0.717) is 6.54 Å². The molecule has 1 saturated heterocycles. The third kappa shape index (κ3) is 2.92. The molecule has 2 rings (SSSR count). The summed E-state index contributed by atoms with van der Waals surface area (Å²) in [4.78, 5) is 16.0. The Bertz CT molecular complexity index is 363. The minimum absolute atomic E-state index is 0.109. The summed E-state index contributed by atoms with van der Waals surface area (Å²) < 4.78 is 0. The SMILES string of the molecule is CCN(C(=O)Nc1ccncc1)N1CCNC1. The van der Waals surface area contributed by atoms with Crippen molar-refractivity contribution in [3.8, 4) is 0 Å². The van der Waals surface area contributed by atoms with Crippen molar-refractivity contribution in [1.82, 2.24) is 20.3 Å². The van der Waals surface area contributed by atoms with Crippen LogP contribution in [-0.4, -0.2) is 47.3 Å². The first-order chi connectivity index (χ1) is 8.31. The maximum Gasteiger partial charge on any atom is 0.336 e. The highest BCUT2D eigenvalue weighted by Gasteiger charge is 2.22. The van der Waals surface area contributed by atoms with Crippen LogP contribution in [-0.2, 0) is 0 Å². The van der Waals surface area contributed by atoms with E-state index in [4.69, 9.17) is 0 Å². The smallest absolute Gasteiger partial charge is 0.307 e. The van der Waals surface area contributed by atoms with Crippen molar-refractivity contribution < 1.29 is 4.79 Å². The van der Waals surface area contributed by atoms with E-state index >= 15 is 0 Å². The molecular formula is C11H17N5O. The van der Waals surface area contributed by atoms with Crippen LogP contribution in [0, 0.1) is 0 Å². The number of pyridine rings is 1. The van der Waals surface area contributed by atoms with Gasteiger partial charge < -0.3 is 10.6 Å². The molecule has 1 aromatic heterocycles. The standard InChI is InChI=1S/C11H17N5O/c1-2-16(15-8-7-13-9-15)11(17)14-10-3-5-12-6-4-10/h3-6,13H,2,7-9H2,1H3,(H,12,14,17). The van der Waals surface area contributed by atoms with Gasteiger partial charge in [-0.05, 0) is 19.1 Å². The average molecular weight is 235 g/mol. The van der Waals surface area contributed by atoms with Crippen molar-refractivity contribution in [3.05, 3.63) is 24.5 Å². The van der Waals surface area contributed by atoms with Crippen molar-refractivity contribution in [2.24, 2.45) is 0 Å². The highest BCUT2D eigenvalue weighted by atomic mass is 16.2. The molecule has 0 unspecified atom stereocenters. The second-order valence-corrected chi connectivity index (χ2v) is 3.77. The third-order valence-electron chi connectivity index (χ3n) is 2.65. The van der Waals surface area contributed by atoms with Crippen molar-refractivity contribution in [2.45, 2.75) is 6.92 Å². The summed E-state index contributed by atoms with van der Waals surface area (Å²) in [6.45, 7) is 5.11. The second kappa shape index (κ2) is 5.60. The van der Waals surface area contributed by atoms with Gasteiger partial charge >= 0.3 is 6.03 Å². The molecule has 1 aliphatic rings. The summed E-state index contributed by atoms with van der Waals surface area (Å²) in [6.07, 6.45) is 3.31. The number of aromatic nitrogens is 1. The number of urea groups is 1. The summed E-state index contributed by atoms with van der Waals surface area (Å²) in [5, 5.41) is 9.75. The Kier molecular flexibility index (Phi) is 3.89. The van der Waals surface area contributed by atoms with E-state index in [1.54, 1.807) is 29.5 Å². The van der Waals surface area contributed by atoms with Gasteiger partial charge in [-0.1, -0.05) is 0 Å². The zero-order chi connectivity index (χ0) is 12.1. The molecule has 2 amide bonds. The number of carbonyl (C=O) groups is 1. The molecular weight excluding hydrogens is 218 g/mol. The molecule has 0 radical (unpaired) electrons. The van der Waals surface area contributed by atoms with Gasteiger partial charge in [-0.3, -0.25) is 9.99 Å². The normalized spacial score (nSPS) is 15.8. The first kappa shape index (κ1) is 11.8. The zero-order valence-corrected chi connectivity index (χ0v) is 9.89. The molecule has 0 bridgehead atoms. The van der Waals surface area contributed by atoms with Crippen LogP contribution in [0.15, 0.2) is 24.5 Å². The lowest BCUT2D eigenvalue weighted by atomic mass is 10.4. The number of amides is 2. The average Bonchev–Trinajstić information content (AvgIpc) is 2.85. The van der Waals surface area contributed by atoms with Crippen LogP contribution >= 0.6 is 0 Å². The molecule has 2 heterocycles. The predicted molar refractivity (Wildman–Crippen MR) is 65.2 cm³/mol. The monoisotopic (exact) mass is 235 g/mol. The first-order valence-corrected chi connectivity index (χ1v) is 5.75. The molecule has 0 aromatic carbocycles. The lowest BCUT2D eigenvalue weighted by molar-refractivity contribution is 0.0469. The molecule has 1 aliphatic heterocycles. The number of rotatable bonds is 3. The van der Waals surface area contributed by atoms with Gasteiger partial charge in [-0.15, -0.1) is 0 Å². The molecule has 0 spiro atoms. The lowest BCUT2D eigenvalue weighted by Crippen LogP contribution is -2.47. The lowest BCUT2D eigenvalue weighted by Gasteiger charge is -2.29. The fraction of sp³-hybridized carbons (Fsp3) is 0.455. The van der Waals surface area contributed by atoms with Gasteiger partial charge in [-0.25, -0.2) is 9.80 Å². The van der Waals surface area contributed by atoms with Crippen molar-refractivity contribution >= 4 is 11.7 Å². The summed E-state index contributed by atoms with van der Waals surface area (Å²) in [5.74, 6) is 0. The van der Waals surface area contributed by atoms with Crippen molar-refractivity contribution in [1.29, 1.82) is 0 Å². The fourth-order valence-corrected chi connectivity index (χ4v) is 1.80. The van der Waals surface area contributed by atoms with Crippen LogP contribution in [0.4, 0.5) is 10.5 Å². The van der Waals surface area contributed by atoms with Crippen LogP contribution in [0.3, 0.4) is 0 Å². The maximum absolute atomic E-state index is 12.1. The van der Waals surface area contributed by atoms with E-state index < -0.39 is 0 Å². The molecule has 0 saturated carbocycles. The Hall–Kier alpha value is -1.66. The second-order valence-electron chi connectivity index (χ2n) is 3.77. The van der Waals surface area contributed by atoms with Crippen LogP contribution in [0.2, 0.25) is 0 Å². The van der Waals surface area contributed by atoms with Gasteiger partial charge in [0.2, 0.25) is 0 Å². The highest BCUT2D eigenvalue weighted by molar-refractivity contribution is 5.88. The topological polar surface area (TPSA) is 60.5 Å². The van der Waals surface area contributed by atoms with Crippen LogP contribution in [0.25, 0.3) is 0 Å². The van der Waals surface area contributed by atoms with E-state index in [0.717, 1.165) is 25.4 Å². The van der Waals surface area contributed by atoms with Gasteiger partial charge in [-0.2, -0.15) is 0 Å².